The molecule has 2 aromatic carbocycles. The molecule has 0 bridgehead atoms. The normalized spacial score (nSPS) is 22.5. The van der Waals surface area contributed by atoms with Crippen molar-refractivity contribution in [1.29, 1.82) is 0 Å². The maximum absolute atomic E-state index is 5.48. The van der Waals surface area contributed by atoms with E-state index >= 15 is 0 Å². The molecular weight excluding hydrogens is 416 g/mol. The number of allylic oxidation sites excluding steroid dienone is 4. The van der Waals surface area contributed by atoms with Crippen molar-refractivity contribution in [2.24, 2.45) is 11.8 Å². The van der Waals surface area contributed by atoms with E-state index in [9.17, 15) is 0 Å². The number of fused-ring (bicyclic) bond motifs is 4. The van der Waals surface area contributed by atoms with E-state index in [0.29, 0.717) is 0 Å². The summed E-state index contributed by atoms with van der Waals surface area (Å²) in [6.07, 6.45) is 14.8. The molecule has 1 saturated heterocycles. The lowest BCUT2D eigenvalue weighted by molar-refractivity contribution is 0.122. The lowest BCUT2D eigenvalue weighted by Crippen LogP contribution is -2.36. The Bertz CT molecular complexity index is 1290. The van der Waals surface area contributed by atoms with Crippen molar-refractivity contribution in [3.05, 3.63) is 77.5 Å². The molecule has 7 rings (SSSR count). The van der Waals surface area contributed by atoms with E-state index in [0.717, 1.165) is 44.0 Å². The van der Waals surface area contributed by atoms with Gasteiger partial charge in [-0.1, -0.05) is 48.4 Å². The first-order chi connectivity index (χ1) is 16.8. The fraction of sp³-hybridized carbons (Fsp3) is 0.387. The average molecular weight is 449 g/mol. The number of benzene rings is 2. The summed E-state index contributed by atoms with van der Waals surface area (Å²) in [6, 6.07) is 16.1. The quantitative estimate of drug-likeness (QED) is 0.440. The Morgan fingerprint density at radius 2 is 1.82 bits per heavy atom. The molecule has 1 atom stereocenters. The van der Waals surface area contributed by atoms with E-state index in [1.807, 2.05) is 6.20 Å². The van der Waals surface area contributed by atoms with Crippen molar-refractivity contribution in [2.45, 2.75) is 38.5 Å². The van der Waals surface area contributed by atoms with Gasteiger partial charge in [-0.25, -0.2) is 4.98 Å². The monoisotopic (exact) mass is 448 g/mol. The molecule has 172 valence electrons. The number of pyridine rings is 1. The predicted octanol–water partition coefficient (Wildman–Crippen LogP) is 6.81. The molecule has 0 N–H and O–H groups in total. The molecule has 2 heterocycles. The smallest absolute Gasteiger partial charge is 0.128 e. The molecule has 3 aliphatic carbocycles. The van der Waals surface area contributed by atoms with Gasteiger partial charge >= 0.3 is 0 Å². The van der Waals surface area contributed by atoms with Crippen LogP contribution in [0, 0.1) is 11.8 Å². The van der Waals surface area contributed by atoms with Gasteiger partial charge in [0.05, 0.1) is 13.2 Å². The van der Waals surface area contributed by atoms with Crippen LogP contribution in [0.5, 0.6) is 0 Å². The molecule has 3 heteroatoms. The van der Waals surface area contributed by atoms with Crippen LogP contribution in [0.2, 0.25) is 0 Å². The molecule has 1 unspecified atom stereocenters. The van der Waals surface area contributed by atoms with Crippen molar-refractivity contribution in [3.63, 3.8) is 0 Å². The summed E-state index contributed by atoms with van der Waals surface area (Å²) in [7, 11) is 0. The number of hydrogen-bond donors (Lipinski definition) is 0. The highest BCUT2D eigenvalue weighted by molar-refractivity contribution is 5.96. The van der Waals surface area contributed by atoms with Gasteiger partial charge in [-0.2, -0.15) is 0 Å². The summed E-state index contributed by atoms with van der Waals surface area (Å²) in [5, 5.41) is 2.79. The third-order valence-electron chi connectivity index (χ3n) is 8.64. The zero-order valence-corrected chi connectivity index (χ0v) is 19.8. The second-order valence-corrected chi connectivity index (χ2v) is 10.4. The first-order valence-electron chi connectivity index (χ1n) is 13.1. The minimum Gasteiger partial charge on any atom is -0.378 e. The van der Waals surface area contributed by atoms with E-state index in [1.54, 1.807) is 16.7 Å². The van der Waals surface area contributed by atoms with Gasteiger partial charge in [0, 0.05) is 24.8 Å². The molecule has 0 amide bonds. The van der Waals surface area contributed by atoms with E-state index in [4.69, 9.17) is 9.72 Å². The molecule has 1 aliphatic heterocycles. The number of anilines is 1. The molecule has 0 radical (unpaired) electrons. The van der Waals surface area contributed by atoms with Gasteiger partial charge in [0.25, 0.3) is 0 Å². The SMILES string of the molecule is C1=CC2=C(CC1)C(C1CCC1)Cc1c2ccc2cc(-c3ccc(N4CCOCC4)nc3)ccc12. The number of morpholine rings is 1. The Morgan fingerprint density at radius 3 is 2.62 bits per heavy atom. The number of nitrogens with zero attached hydrogens (tertiary/aromatic N) is 2. The van der Waals surface area contributed by atoms with Crippen LogP contribution in [0.1, 0.15) is 43.2 Å². The molecular formula is C31H32N2O. The van der Waals surface area contributed by atoms with Crippen molar-refractivity contribution in [3.8, 4) is 11.1 Å². The summed E-state index contributed by atoms with van der Waals surface area (Å²) in [5.74, 6) is 2.70. The van der Waals surface area contributed by atoms with Gasteiger partial charge in [-0.3, -0.25) is 0 Å². The summed E-state index contributed by atoms with van der Waals surface area (Å²) in [4.78, 5) is 7.08. The largest absolute Gasteiger partial charge is 0.378 e. The van der Waals surface area contributed by atoms with E-state index in [1.165, 1.54) is 66.0 Å². The molecule has 2 fully saturated rings. The Balaban J connectivity index is 1.24. The standard InChI is InChI=1S/C31H32N2O/c1-2-7-27-26(6-1)28-12-9-23-18-22(8-11-25(23)30(28)19-29(27)21-4-3-5-21)24-10-13-31(32-20-24)33-14-16-34-17-15-33/h1,6,8-13,18,20-21,29H,2-5,7,14-17,19H2. The Kier molecular flexibility index (Phi) is 5.05. The first kappa shape index (κ1) is 20.5. The molecule has 3 aromatic rings. The van der Waals surface area contributed by atoms with Crippen LogP contribution in [-0.4, -0.2) is 31.3 Å². The highest BCUT2D eigenvalue weighted by Gasteiger charge is 2.35. The average Bonchev–Trinajstić information content (AvgIpc) is 2.88. The van der Waals surface area contributed by atoms with Crippen LogP contribution in [0.4, 0.5) is 5.82 Å². The zero-order valence-electron chi connectivity index (χ0n) is 19.8. The highest BCUT2D eigenvalue weighted by Crippen LogP contribution is 2.49. The molecule has 1 aromatic heterocycles. The number of rotatable bonds is 3. The minimum atomic E-state index is 0.753. The van der Waals surface area contributed by atoms with Gasteiger partial charge in [0.15, 0.2) is 0 Å². The third-order valence-corrected chi connectivity index (χ3v) is 8.64. The molecule has 0 spiro atoms. The molecule has 1 saturated carbocycles. The Labute approximate surface area is 202 Å². The van der Waals surface area contributed by atoms with Crippen molar-refractivity contribution < 1.29 is 4.74 Å². The summed E-state index contributed by atoms with van der Waals surface area (Å²) in [6.45, 7) is 3.41. The zero-order chi connectivity index (χ0) is 22.5. The van der Waals surface area contributed by atoms with Gasteiger partial charge < -0.3 is 9.64 Å². The topological polar surface area (TPSA) is 25.4 Å². The van der Waals surface area contributed by atoms with E-state index < -0.39 is 0 Å². The van der Waals surface area contributed by atoms with Gasteiger partial charge in [0.2, 0.25) is 0 Å². The van der Waals surface area contributed by atoms with Crippen LogP contribution in [0.15, 0.2) is 66.4 Å². The fourth-order valence-electron chi connectivity index (χ4n) is 6.55. The van der Waals surface area contributed by atoms with Crippen LogP contribution in [0.25, 0.3) is 27.5 Å². The lowest BCUT2D eigenvalue weighted by Gasteiger charge is -2.40. The van der Waals surface area contributed by atoms with Crippen LogP contribution in [-0.2, 0) is 11.2 Å². The van der Waals surface area contributed by atoms with E-state index in [2.05, 4.69) is 59.5 Å². The van der Waals surface area contributed by atoms with Crippen LogP contribution < -0.4 is 4.90 Å². The Hall–Kier alpha value is -2.91. The third kappa shape index (κ3) is 3.41. The number of hydrogen-bond acceptors (Lipinski definition) is 3. The van der Waals surface area contributed by atoms with Crippen LogP contribution >= 0.6 is 0 Å². The predicted molar refractivity (Wildman–Crippen MR) is 140 cm³/mol. The summed E-state index contributed by atoms with van der Waals surface area (Å²) in [5.41, 5.74) is 8.78. The first-order valence-corrected chi connectivity index (χ1v) is 13.1. The lowest BCUT2D eigenvalue weighted by atomic mass is 9.64. The van der Waals surface area contributed by atoms with Crippen molar-refractivity contribution in [2.75, 3.05) is 31.2 Å². The second-order valence-electron chi connectivity index (χ2n) is 10.4. The van der Waals surface area contributed by atoms with Crippen molar-refractivity contribution >= 4 is 22.2 Å². The maximum Gasteiger partial charge on any atom is 0.128 e. The van der Waals surface area contributed by atoms with E-state index in [-0.39, 0.29) is 0 Å². The van der Waals surface area contributed by atoms with Gasteiger partial charge in [-0.05, 0) is 95.2 Å². The number of aromatic nitrogens is 1. The Morgan fingerprint density at radius 1 is 0.941 bits per heavy atom. The van der Waals surface area contributed by atoms with Gasteiger partial charge in [-0.15, -0.1) is 0 Å². The second kappa shape index (κ2) is 8.39. The summed E-state index contributed by atoms with van der Waals surface area (Å²) < 4.78 is 5.48. The summed E-state index contributed by atoms with van der Waals surface area (Å²) >= 11 is 0. The fourth-order valence-corrected chi connectivity index (χ4v) is 6.55. The van der Waals surface area contributed by atoms with Crippen molar-refractivity contribution in [1.82, 2.24) is 4.98 Å². The molecule has 4 aliphatic rings. The van der Waals surface area contributed by atoms with Gasteiger partial charge in [0.1, 0.15) is 5.82 Å². The minimum absolute atomic E-state index is 0.753. The molecule has 3 nitrogen and oxygen atoms in total. The molecule has 34 heavy (non-hydrogen) atoms. The maximum atomic E-state index is 5.48. The highest BCUT2D eigenvalue weighted by atomic mass is 16.5. The van der Waals surface area contributed by atoms with Crippen LogP contribution in [0.3, 0.4) is 0 Å². The number of ether oxygens (including phenoxy) is 1.